The molecule has 0 unspecified atom stereocenters. The fourth-order valence-corrected chi connectivity index (χ4v) is 1.20. The summed E-state index contributed by atoms with van der Waals surface area (Å²) in [5.41, 5.74) is 5.64. The topological polar surface area (TPSA) is 82.3 Å². The van der Waals surface area contributed by atoms with Crippen LogP contribution in [0.3, 0.4) is 0 Å². The highest BCUT2D eigenvalue weighted by Gasteiger charge is 2.01. The number of hydrogen-bond acceptors (Lipinski definition) is 6. The lowest BCUT2D eigenvalue weighted by Crippen LogP contribution is -2.12. The van der Waals surface area contributed by atoms with Gasteiger partial charge in [0.05, 0.1) is 6.61 Å². The first-order valence-electron chi connectivity index (χ1n) is 5.20. The molecule has 0 bridgehead atoms. The Bertz CT molecular complexity index is 320. The van der Waals surface area contributed by atoms with Crippen LogP contribution in [0.25, 0.3) is 0 Å². The number of hydrogen-bond donors (Lipinski definition) is 2. The van der Waals surface area contributed by atoms with Gasteiger partial charge < -0.3 is 20.5 Å². The fraction of sp³-hybridized carbons (Fsp3) is 0.600. The van der Waals surface area contributed by atoms with Crippen LogP contribution in [-0.2, 0) is 16.1 Å². The van der Waals surface area contributed by atoms with Gasteiger partial charge in [-0.2, -0.15) is 0 Å². The molecule has 0 radical (unpaired) electrons. The molecule has 1 heterocycles. The zero-order valence-electron chi connectivity index (χ0n) is 9.69. The molecule has 3 N–H and O–H groups in total. The normalized spacial score (nSPS) is 10.4. The van der Waals surface area contributed by atoms with Gasteiger partial charge in [-0.25, -0.2) is 9.97 Å². The van der Waals surface area contributed by atoms with Gasteiger partial charge in [-0.3, -0.25) is 0 Å². The van der Waals surface area contributed by atoms with E-state index in [1.54, 1.807) is 13.2 Å². The monoisotopic (exact) mass is 226 g/mol. The van der Waals surface area contributed by atoms with Gasteiger partial charge in [0.25, 0.3) is 0 Å². The average molecular weight is 226 g/mol. The SMILES string of the molecule is CCOCCNc1cc(N)nc(COC)n1. The zero-order chi connectivity index (χ0) is 11.8. The van der Waals surface area contributed by atoms with Gasteiger partial charge in [0.2, 0.25) is 0 Å². The van der Waals surface area contributed by atoms with Crippen molar-refractivity contribution in [3.8, 4) is 0 Å². The molecule has 1 rings (SSSR count). The quantitative estimate of drug-likeness (QED) is 0.664. The van der Waals surface area contributed by atoms with Gasteiger partial charge in [0, 0.05) is 26.3 Å². The third-order valence-corrected chi connectivity index (χ3v) is 1.82. The highest BCUT2D eigenvalue weighted by Crippen LogP contribution is 2.08. The van der Waals surface area contributed by atoms with Crippen LogP contribution in [0.1, 0.15) is 12.7 Å². The first-order valence-corrected chi connectivity index (χ1v) is 5.20. The summed E-state index contributed by atoms with van der Waals surface area (Å²) in [6.07, 6.45) is 0. The van der Waals surface area contributed by atoms with E-state index in [0.29, 0.717) is 43.8 Å². The molecule has 0 aliphatic carbocycles. The minimum absolute atomic E-state index is 0.352. The number of nitrogens with two attached hydrogens (primary N) is 1. The van der Waals surface area contributed by atoms with Crippen LogP contribution in [0.15, 0.2) is 6.07 Å². The summed E-state index contributed by atoms with van der Waals surface area (Å²) in [6, 6.07) is 1.69. The number of anilines is 2. The van der Waals surface area contributed by atoms with Gasteiger partial charge in [-0.1, -0.05) is 0 Å². The summed E-state index contributed by atoms with van der Waals surface area (Å²) >= 11 is 0. The Balaban J connectivity index is 2.51. The largest absolute Gasteiger partial charge is 0.384 e. The van der Waals surface area contributed by atoms with E-state index in [0.717, 1.165) is 0 Å². The lowest BCUT2D eigenvalue weighted by Gasteiger charge is -2.07. The van der Waals surface area contributed by atoms with Crippen molar-refractivity contribution in [2.45, 2.75) is 13.5 Å². The number of methoxy groups -OCH3 is 1. The first-order chi connectivity index (χ1) is 7.76. The maximum atomic E-state index is 5.64. The van der Waals surface area contributed by atoms with E-state index in [2.05, 4.69) is 15.3 Å². The van der Waals surface area contributed by atoms with Gasteiger partial charge >= 0.3 is 0 Å². The van der Waals surface area contributed by atoms with E-state index in [1.807, 2.05) is 6.92 Å². The second-order valence-corrected chi connectivity index (χ2v) is 3.15. The molecule has 0 amide bonds. The van der Waals surface area contributed by atoms with Crippen molar-refractivity contribution in [2.24, 2.45) is 0 Å². The summed E-state index contributed by atoms with van der Waals surface area (Å²) < 4.78 is 10.1. The van der Waals surface area contributed by atoms with E-state index < -0.39 is 0 Å². The summed E-state index contributed by atoms with van der Waals surface area (Å²) in [7, 11) is 1.59. The summed E-state index contributed by atoms with van der Waals surface area (Å²) in [5.74, 6) is 1.70. The van der Waals surface area contributed by atoms with Crippen LogP contribution < -0.4 is 11.1 Å². The van der Waals surface area contributed by atoms with Gasteiger partial charge in [-0.05, 0) is 6.92 Å². The van der Waals surface area contributed by atoms with Crippen LogP contribution >= 0.6 is 0 Å². The summed E-state index contributed by atoms with van der Waals surface area (Å²) in [6.45, 7) is 4.35. The van der Waals surface area contributed by atoms with E-state index in [9.17, 15) is 0 Å². The van der Waals surface area contributed by atoms with Crippen LogP contribution in [0.2, 0.25) is 0 Å². The van der Waals surface area contributed by atoms with Crippen molar-refractivity contribution in [3.63, 3.8) is 0 Å². The van der Waals surface area contributed by atoms with E-state index in [4.69, 9.17) is 15.2 Å². The average Bonchev–Trinajstić information content (AvgIpc) is 2.24. The molecule has 0 aromatic carbocycles. The minimum atomic E-state index is 0.352. The van der Waals surface area contributed by atoms with Gasteiger partial charge in [0.1, 0.15) is 18.2 Å². The minimum Gasteiger partial charge on any atom is -0.384 e. The van der Waals surface area contributed by atoms with Crippen LogP contribution in [-0.4, -0.2) is 36.8 Å². The predicted octanol–water partition coefficient (Wildman–Crippen LogP) is 0.654. The molecular formula is C10H18N4O2. The third-order valence-electron chi connectivity index (χ3n) is 1.82. The molecule has 0 saturated carbocycles. The highest BCUT2D eigenvalue weighted by molar-refractivity contribution is 5.44. The summed E-state index contributed by atoms with van der Waals surface area (Å²) in [5, 5.41) is 3.11. The number of rotatable bonds is 7. The molecule has 6 nitrogen and oxygen atoms in total. The Hall–Kier alpha value is -1.40. The number of ether oxygens (including phenoxy) is 2. The lowest BCUT2D eigenvalue weighted by atomic mass is 10.5. The lowest BCUT2D eigenvalue weighted by molar-refractivity contribution is 0.158. The standard InChI is InChI=1S/C10H18N4O2/c1-3-16-5-4-12-9-6-8(11)13-10(14-9)7-15-2/h6H,3-5,7H2,1-2H3,(H3,11,12,13,14). The van der Waals surface area contributed by atoms with Crippen molar-refractivity contribution in [2.75, 3.05) is 37.9 Å². The van der Waals surface area contributed by atoms with Crippen molar-refractivity contribution >= 4 is 11.6 Å². The van der Waals surface area contributed by atoms with E-state index >= 15 is 0 Å². The van der Waals surface area contributed by atoms with E-state index in [-0.39, 0.29) is 0 Å². The number of nitrogens with zero attached hydrogens (tertiary/aromatic N) is 2. The zero-order valence-corrected chi connectivity index (χ0v) is 9.69. The second-order valence-electron chi connectivity index (χ2n) is 3.15. The van der Waals surface area contributed by atoms with Crippen molar-refractivity contribution in [3.05, 3.63) is 11.9 Å². The number of nitrogen functional groups attached to an aromatic ring is 1. The van der Waals surface area contributed by atoms with Gasteiger partial charge in [-0.15, -0.1) is 0 Å². The number of nitrogens with one attached hydrogen (secondary N) is 1. The fourth-order valence-electron chi connectivity index (χ4n) is 1.20. The Kier molecular flexibility index (Phi) is 5.52. The maximum Gasteiger partial charge on any atom is 0.158 e. The van der Waals surface area contributed by atoms with Crippen LogP contribution in [0, 0.1) is 0 Å². The Morgan fingerprint density at radius 1 is 1.44 bits per heavy atom. The summed E-state index contributed by atoms with van der Waals surface area (Å²) in [4.78, 5) is 8.28. The molecular weight excluding hydrogens is 208 g/mol. The third kappa shape index (κ3) is 4.41. The molecule has 0 atom stereocenters. The Morgan fingerprint density at radius 2 is 2.25 bits per heavy atom. The molecule has 1 aromatic rings. The van der Waals surface area contributed by atoms with Crippen molar-refractivity contribution in [1.29, 1.82) is 0 Å². The molecule has 0 aliphatic rings. The van der Waals surface area contributed by atoms with Crippen molar-refractivity contribution < 1.29 is 9.47 Å². The number of aromatic nitrogens is 2. The van der Waals surface area contributed by atoms with Crippen LogP contribution in [0.4, 0.5) is 11.6 Å². The maximum absolute atomic E-state index is 5.64. The molecule has 0 fully saturated rings. The van der Waals surface area contributed by atoms with Crippen molar-refractivity contribution in [1.82, 2.24) is 9.97 Å². The van der Waals surface area contributed by atoms with Crippen LogP contribution in [0.5, 0.6) is 0 Å². The molecule has 0 aliphatic heterocycles. The predicted molar refractivity (Wildman–Crippen MR) is 62.1 cm³/mol. The molecule has 0 saturated heterocycles. The van der Waals surface area contributed by atoms with Gasteiger partial charge in [0.15, 0.2) is 5.82 Å². The first kappa shape index (κ1) is 12.7. The smallest absolute Gasteiger partial charge is 0.158 e. The molecule has 90 valence electrons. The molecule has 0 spiro atoms. The highest BCUT2D eigenvalue weighted by atomic mass is 16.5. The Labute approximate surface area is 95.2 Å². The second kappa shape index (κ2) is 6.97. The molecule has 1 aromatic heterocycles. The van der Waals surface area contributed by atoms with E-state index in [1.165, 1.54) is 0 Å². The Morgan fingerprint density at radius 3 is 2.94 bits per heavy atom. The molecule has 6 heteroatoms. The molecule has 16 heavy (non-hydrogen) atoms.